The zero-order chi connectivity index (χ0) is 24.2. The van der Waals surface area contributed by atoms with E-state index in [1.807, 2.05) is 26.0 Å². The second kappa shape index (κ2) is 10.7. The molecule has 0 bridgehead atoms. The van der Waals surface area contributed by atoms with Gasteiger partial charge in [-0.2, -0.15) is 0 Å². The lowest BCUT2D eigenvalue weighted by Gasteiger charge is -2.40. The maximum absolute atomic E-state index is 13.2. The van der Waals surface area contributed by atoms with Crippen LogP contribution >= 0.6 is 0 Å². The van der Waals surface area contributed by atoms with Gasteiger partial charge in [-0.3, -0.25) is 9.80 Å². The van der Waals surface area contributed by atoms with Crippen molar-refractivity contribution in [2.24, 2.45) is 0 Å². The van der Waals surface area contributed by atoms with Crippen LogP contribution in [-0.2, 0) is 14.9 Å². The van der Waals surface area contributed by atoms with Crippen LogP contribution in [0.1, 0.15) is 58.7 Å². The van der Waals surface area contributed by atoms with Crippen LogP contribution in [-0.4, -0.2) is 79.1 Å². The fraction of sp³-hybridized carbons (Fsp3) is 0.615. The lowest BCUT2D eigenvalue weighted by Crippen LogP contribution is -2.53. The van der Waals surface area contributed by atoms with Gasteiger partial charge in [-0.15, -0.1) is 0 Å². The summed E-state index contributed by atoms with van der Waals surface area (Å²) in [6.45, 7) is 18.6. The van der Waals surface area contributed by atoms with Crippen LogP contribution in [0.25, 0.3) is 0 Å². The summed E-state index contributed by atoms with van der Waals surface area (Å²) in [5.74, 6) is -0.358. The van der Waals surface area contributed by atoms with E-state index in [0.29, 0.717) is 25.3 Å². The van der Waals surface area contributed by atoms with Crippen LogP contribution < -0.4 is 5.32 Å². The highest BCUT2D eigenvalue weighted by molar-refractivity contribution is 5.95. The number of piperazine rings is 1. The van der Waals surface area contributed by atoms with Gasteiger partial charge in [-0.25, -0.2) is 9.59 Å². The van der Waals surface area contributed by atoms with Crippen molar-refractivity contribution >= 4 is 12.0 Å². The first-order valence-electron chi connectivity index (χ1n) is 12.2. The zero-order valence-electron chi connectivity index (χ0n) is 21.1. The van der Waals surface area contributed by atoms with Crippen molar-refractivity contribution in [2.45, 2.75) is 53.0 Å². The second-order valence-electron chi connectivity index (χ2n) is 9.79. The summed E-state index contributed by atoms with van der Waals surface area (Å²) in [4.78, 5) is 32.8. The smallest absolute Gasteiger partial charge is 0.338 e. The molecule has 1 saturated heterocycles. The molecule has 1 N–H and O–H groups in total. The molecule has 7 heteroatoms. The molecule has 1 fully saturated rings. The number of amides is 2. The largest absolute Gasteiger partial charge is 0.463 e. The lowest BCUT2D eigenvalue weighted by molar-refractivity contribution is -0.139. The van der Waals surface area contributed by atoms with Crippen LogP contribution in [0, 0.1) is 0 Å². The van der Waals surface area contributed by atoms with Crippen LogP contribution in [0.15, 0.2) is 35.5 Å². The van der Waals surface area contributed by atoms with Crippen molar-refractivity contribution in [2.75, 3.05) is 52.4 Å². The van der Waals surface area contributed by atoms with Gasteiger partial charge in [0.25, 0.3) is 0 Å². The average molecular weight is 457 g/mol. The number of benzene rings is 1. The van der Waals surface area contributed by atoms with Gasteiger partial charge >= 0.3 is 12.0 Å². The van der Waals surface area contributed by atoms with E-state index < -0.39 is 6.04 Å². The van der Waals surface area contributed by atoms with Crippen molar-refractivity contribution in [3.8, 4) is 0 Å². The molecule has 1 aromatic rings. The molecular formula is C26H40N4O3. The maximum atomic E-state index is 13.2. The third-order valence-corrected chi connectivity index (χ3v) is 6.65. The van der Waals surface area contributed by atoms with Gasteiger partial charge in [0.15, 0.2) is 0 Å². The summed E-state index contributed by atoms with van der Waals surface area (Å²) >= 11 is 0. The normalized spacial score (nSPS) is 20.7. The van der Waals surface area contributed by atoms with Gasteiger partial charge in [0.05, 0.1) is 18.2 Å². The van der Waals surface area contributed by atoms with Crippen LogP contribution in [0.2, 0.25) is 0 Å². The van der Waals surface area contributed by atoms with Crippen LogP contribution in [0.3, 0.4) is 0 Å². The molecule has 7 nitrogen and oxygen atoms in total. The van der Waals surface area contributed by atoms with E-state index in [0.717, 1.165) is 44.0 Å². The Hall–Kier alpha value is -2.38. The SMILES string of the molecule is CCOC(=O)C1=C(CN2CCN(CC)CC2)N(CC)C(=O)NC1c1ccc(C(C)(C)C)cc1. The number of esters is 1. The van der Waals surface area contributed by atoms with Crippen molar-refractivity contribution < 1.29 is 14.3 Å². The fourth-order valence-electron chi connectivity index (χ4n) is 4.56. The molecule has 2 amide bonds. The molecule has 0 spiro atoms. The topological polar surface area (TPSA) is 65.1 Å². The molecule has 2 aliphatic heterocycles. The Morgan fingerprint density at radius 1 is 1.00 bits per heavy atom. The maximum Gasteiger partial charge on any atom is 0.338 e. The first kappa shape index (κ1) is 25.2. The Morgan fingerprint density at radius 2 is 1.61 bits per heavy atom. The van der Waals surface area contributed by atoms with Crippen molar-refractivity contribution in [1.29, 1.82) is 0 Å². The standard InChI is InChI=1S/C26H40N4O3/c1-7-28-14-16-29(17-15-28)18-21-22(24(31)33-9-3)23(27-25(32)30(21)8-2)19-10-12-20(13-11-19)26(4,5)6/h10-13,23H,7-9,14-18H2,1-6H3,(H,27,32). The Balaban J connectivity index is 2.01. The minimum absolute atomic E-state index is 0.0267. The summed E-state index contributed by atoms with van der Waals surface area (Å²) in [7, 11) is 0. The highest BCUT2D eigenvalue weighted by atomic mass is 16.5. The van der Waals surface area contributed by atoms with Gasteiger partial charge in [0.1, 0.15) is 0 Å². The van der Waals surface area contributed by atoms with E-state index in [-0.39, 0.29) is 17.4 Å². The third-order valence-electron chi connectivity index (χ3n) is 6.65. The molecule has 2 aliphatic rings. The van der Waals surface area contributed by atoms with Gasteiger partial charge in [0.2, 0.25) is 0 Å². The van der Waals surface area contributed by atoms with Crippen molar-refractivity contribution in [1.82, 2.24) is 20.0 Å². The summed E-state index contributed by atoms with van der Waals surface area (Å²) in [6, 6.07) is 7.51. The van der Waals surface area contributed by atoms with E-state index in [9.17, 15) is 9.59 Å². The van der Waals surface area contributed by atoms with E-state index >= 15 is 0 Å². The molecule has 2 heterocycles. The molecule has 3 rings (SSSR count). The molecule has 182 valence electrons. The number of urea groups is 1. The number of carbonyl (C=O) groups excluding carboxylic acids is 2. The monoisotopic (exact) mass is 456 g/mol. The highest BCUT2D eigenvalue weighted by Crippen LogP contribution is 2.33. The van der Waals surface area contributed by atoms with Gasteiger partial charge in [-0.05, 0) is 36.9 Å². The molecule has 0 aromatic heterocycles. The number of hydrogen-bond donors (Lipinski definition) is 1. The summed E-state index contributed by atoms with van der Waals surface area (Å²) in [5, 5.41) is 3.07. The zero-order valence-corrected chi connectivity index (χ0v) is 21.1. The van der Waals surface area contributed by atoms with Crippen molar-refractivity contribution in [3.05, 3.63) is 46.7 Å². The van der Waals surface area contributed by atoms with Gasteiger partial charge in [-0.1, -0.05) is 52.0 Å². The minimum atomic E-state index is -0.528. The number of nitrogens with one attached hydrogen (secondary N) is 1. The Bertz CT molecular complexity index is 865. The number of rotatable bonds is 7. The van der Waals surface area contributed by atoms with Crippen LogP contribution in [0.4, 0.5) is 4.79 Å². The Kier molecular flexibility index (Phi) is 8.19. The average Bonchev–Trinajstić information content (AvgIpc) is 2.79. The van der Waals surface area contributed by atoms with E-state index in [1.165, 1.54) is 5.56 Å². The number of carbonyl (C=O) groups is 2. The Morgan fingerprint density at radius 3 is 2.12 bits per heavy atom. The fourth-order valence-corrected chi connectivity index (χ4v) is 4.56. The number of hydrogen-bond acceptors (Lipinski definition) is 5. The molecule has 0 radical (unpaired) electrons. The molecule has 1 aromatic carbocycles. The van der Waals surface area contributed by atoms with Gasteiger partial charge < -0.3 is 15.0 Å². The Labute approximate surface area is 198 Å². The predicted molar refractivity (Wildman–Crippen MR) is 131 cm³/mol. The second-order valence-corrected chi connectivity index (χ2v) is 9.79. The first-order valence-corrected chi connectivity index (χ1v) is 12.2. The molecular weight excluding hydrogens is 416 g/mol. The van der Waals surface area contributed by atoms with Crippen LogP contribution in [0.5, 0.6) is 0 Å². The van der Waals surface area contributed by atoms with E-state index in [4.69, 9.17) is 4.74 Å². The van der Waals surface area contributed by atoms with E-state index in [1.54, 1.807) is 4.90 Å². The number of ether oxygens (including phenoxy) is 1. The molecule has 0 saturated carbocycles. The molecule has 1 unspecified atom stereocenters. The quantitative estimate of drug-likeness (QED) is 0.636. The summed E-state index contributed by atoms with van der Waals surface area (Å²) in [5.41, 5.74) is 3.43. The van der Waals surface area contributed by atoms with E-state index in [2.05, 4.69) is 54.9 Å². The summed E-state index contributed by atoms with van der Waals surface area (Å²) in [6.07, 6.45) is 0. The molecule has 33 heavy (non-hydrogen) atoms. The minimum Gasteiger partial charge on any atom is -0.463 e. The lowest BCUT2D eigenvalue weighted by atomic mass is 9.85. The van der Waals surface area contributed by atoms with Gasteiger partial charge in [0, 0.05) is 45.0 Å². The highest BCUT2D eigenvalue weighted by Gasteiger charge is 2.38. The van der Waals surface area contributed by atoms with Crippen molar-refractivity contribution in [3.63, 3.8) is 0 Å². The number of likely N-dealkylation sites (N-methyl/N-ethyl adjacent to an activating group) is 2. The number of nitrogens with zero attached hydrogens (tertiary/aromatic N) is 3. The first-order chi connectivity index (χ1) is 15.7. The summed E-state index contributed by atoms with van der Waals surface area (Å²) < 4.78 is 5.49. The molecule has 1 atom stereocenters. The predicted octanol–water partition coefficient (Wildman–Crippen LogP) is 3.53. The third kappa shape index (κ3) is 5.76. The molecule has 0 aliphatic carbocycles.